The van der Waals surface area contributed by atoms with E-state index in [-0.39, 0.29) is 6.10 Å². The maximum absolute atomic E-state index is 13.0. The van der Waals surface area contributed by atoms with E-state index >= 15 is 0 Å². The van der Waals surface area contributed by atoms with Crippen LogP contribution in [-0.4, -0.2) is 40.1 Å². The zero-order valence-electron chi connectivity index (χ0n) is 17.2. The molecular weight excluding hydrogens is 440 g/mol. The molecule has 1 aliphatic rings. The second-order valence-electron chi connectivity index (χ2n) is 6.74. The molecule has 9 heteroatoms. The van der Waals surface area contributed by atoms with Crippen LogP contribution in [0.1, 0.15) is 46.2 Å². The molecule has 1 unspecified atom stereocenters. The molecule has 1 aliphatic heterocycles. The topological polar surface area (TPSA) is 87.5 Å². The minimum Gasteiger partial charge on any atom is -0.490 e. The van der Waals surface area contributed by atoms with E-state index in [0.717, 1.165) is 10.0 Å². The number of aromatic nitrogens is 3. The fraction of sp³-hybridized carbons (Fsp3) is 0.450. The zero-order chi connectivity index (χ0) is 21.1. The van der Waals surface area contributed by atoms with Gasteiger partial charge in [0.25, 0.3) is 0 Å². The van der Waals surface area contributed by atoms with Crippen molar-refractivity contribution in [3.05, 3.63) is 39.8 Å². The lowest BCUT2D eigenvalue weighted by atomic mass is 9.95. The highest BCUT2D eigenvalue weighted by molar-refractivity contribution is 9.10. The van der Waals surface area contributed by atoms with Gasteiger partial charge in [0.15, 0.2) is 11.5 Å². The summed E-state index contributed by atoms with van der Waals surface area (Å²) in [6.07, 6.45) is 1.21. The molecule has 8 nitrogen and oxygen atoms in total. The molecule has 1 aromatic heterocycles. The third-order valence-corrected chi connectivity index (χ3v) is 4.88. The van der Waals surface area contributed by atoms with Crippen molar-refractivity contribution in [2.24, 2.45) is 0 Å². The Balaban J connectivity index is 2.16. The summed E-state index contributed by atoms with van der Waals surface area (Å²) < 4.78 is 19.5. The van der Waals surface area contributed by atoms with E-state index in [1.807, 2.05) is 46.8 Å². The summed E-state index contributed by atoms with van der Waals surface area (Å²) in [4.78, 5) is 17.2. The highest BCUT2D eigenvalue weighted by atomic mass is 79.9. The summed E-state index contributed by atoms with van der Waals surface area (Å²) in [6.45, 7) is 10.3. The average molecular weight is 465 g/mol. The molecule has 0 saturated carbocycles. The van der Waals surface area contributed by atoms with Gasteiger partial charge >= 0.3 is 5.97 Å². The number of ether oxygens (including phenoxy) is 3. The number of anilines is 1. The number of hydrogen-bond donors (Lipinski definition) is 1. The molecule has 2 aromatic rings. The van der Waals surface area contributed by atoms with Gasteiger partial charge in [0.05, 0.1) is 29.4 Å². The number of benzene rings is 1. The first-order valence-electron chi connectivity index (χ1n) is 9.54. The number of esters is 1. The molecule has 1 aromatic carbocycles. The number of rotatable bonds is 7. The predicted molar refractivity (Wildman–Crippen MR) is 112 cm³/mol. The number of hydrogen-bond acceptors (Lipinski definition) is 7. The number of halogens is 1. The van der Waals surface area contributed by atoms with Crippen molar-refractivity contribution in [1.82, 2.24) is 14.8 Å². The van der Waals surface area contributed by atoms with E-state index in [2.05, 4.69) is 31.3 Å². The highest BCUT2D eigenvalue weighted by Crippen LogP contribution is 2.42. The van der Waals surface area contributed by atoms with Crippen LogP contribution in [0, 0.1) is 0 Å². The Kier molecular flexibility index (Phi) is 6.46. The molecule has 29 heavy (non-hydrogen) atoms. The smallest absolute Gasteiger partial charge is 0.338 e. The largest absolute Gasteiger partial charge is 0.490 e. The van der Waals surface area contributed by atoms with Crippen molar-refractivity contribution in [2.75, 3.05) is 18.5 Å². The Labute approximate surface area is 178 Å². The maximum atomic E-state index is 13.0. The van der Waals surface area contributed by atoms with Gasteiger partial charge < -0.3 is 19.5 Å². The molecule has 1 N–H and O–H groups in total. The third-order valence-electron chi connectivity index (χ3n) is 4.29. The standard InChI is InChI=1S/C20H25BrN4O4/c1-6-27-15-9-13(8-14(21)18(15)28-7-2)17-16(19(26)29-11(3)4)12(5)24-20-22-10-23-25(17)20/h8-11,17H,6-7H2,1-5H3,(H,22,23,24). The summed E-state index contributed by atoms with van der Waals surface area (Å²) in [7, 11) is 0. The molecule has 0 saturated heterocycles. The quantitative estimate of drug-likeness (QED) is 0.617. The minimum atomic E-state index is -0.522. The Morgan fingerprint density at radius 1 is 1.28 bits per heavy atom. The first kappa shape index (κ1) is 21.2. The number of fused-ring (bicyclic) bond motifs is 1. The van der Waals surface area contributed by atoms with Gasteiger partial charge in [-0.05, 0) is 68.2 Å². The number of nitrogens with one attached hydrogen (secondary N) is 1. The van der Waals surface area contributed by atoms with Gasteiger partial charge in [0.2, 0.25) is 5.95 Å². The second kappa shape index (κ2) is 8.86. The number of carbonyl (C=O) groups is 1. The lowest BCUT2D eigenvalue weighted by molar-refractivity contribution is -0.143. The van der Waals surface area contributed by atoms with E-state index in [1.54, 1.807) is 4.68 Å². The van der Waals surface area contributed by atoms with Gasteiger partial charge in [-0.1, -0.05) is 0 Å². The van der Waals surface area contributed by atoms with Gasteiger partial charge in [0.1, 0.15) is 12.4 Å². The SMILES string of the molecule is CCOc1cc(C2C(C(=O)OC(C)C)=C(C)Nc3ncnn32)cc(Br)c1OCC. The summed E-state index contributed by atoms with van der Waals surface area (Å²) in [5.41, 5.74) is 1.94. The van der Waals surface area contributed by atoms with Crippen molar-refractivity contribution < 1.29 is 19.0 Å². The Morgan fingerprint density at radius 3 is 2.66 bits per heavy atom. The molecule has 0 aliphatic carbocycles. The monoisotopic (exact) mass is 464 g/mol. The van der Waals surface area contributed by atoms with Crippen molar-refractivity contribution in [3.63, 3.8) is 0 Å². The van der Waals surface area contributed by atoms with Gasteiger partial charge in [0, 0.05) is 5.70 Å². The highest BCUT2D eigenvalue weighted by Gasteiger charge is 2.35. The van der Waals surface area contributed by atoms with Gasteiger partial charge in [-0.2, -0.15) is 10.1 Å². The molecule has 0 bridgehead atoms. The van der Waals surface area contributed by atoms with Crippen LogP contribution in [0.3, 0.4) is 0 Å². The fourth-order valence-electron chi connectivity index (χ4n) is 3.23. The van der Waals surface area contributed by atoms with Crippen LogP contribution in [0.4, 0.5) is 5.95 Å². The van der Waals surface area contributed by atoms with Crippen molar-refractivity contribution >= 4 is 27.8 Å². The molecule has 3 rings (SSSR count). The molecule has 156 valence electrons. The van der Waals surface area contributed by atoms with Gasteiger partial charge in [-0.3, -0.25) is 0 Å². The van der Waals surface area contributed by atoms with E-state index in [4.69, 9.17) is 14.2 Å². The first-order valence-corrected chi connectivity index (χ1v) is 10.3. The normalized spacial score (nSPS) is 15.8. The Hall–Kier alpha value is -2.55. The van der Waals surface area contributed by atoms with Crippen LogP contribution in [0.2, 0.25) is 0 Å². The first-order chi connectivity index (χ1) is 13.9. The van der Waals surface area contributed by atoms with Crippen LogP contribution in [-0.2, 0) is 9.53 Å². The third kappa shape index (κ3) is 4.24. The molecule has 0 amide bonds. The molecule has 0 radical (unpaired) electrons. The second-order valence-corrected chi connectivity index (χ2v) is 7.60. The lowest BCUT2D eigenvalue weighted by Gasteiger charge is -2.29. The summed E-state index contributed by atoms with van der Waals surface area (Å²) in [5, 5.41) is 7.47. The number of carbonyl (C=O) groups excluding carboxylic acids is 1. The van der Waals surface area contributed by atoms with Crippen LogP contribution >= 0.6 is 15.9 Å². The van der Waals surface area contributed by atoms with Crippen LogP contribution in [0.15, 0.2) is 34.2 Å². The summed E-state index contributed by atoms with van der Waals surface area (Å²) in [6, 6.07) is 3.26. The zero-order valence-corrected chi connectivity index (χ0v) is 18.7. The summed E-state index contributed by atoms with van der Waals surface area (Å²) >= 11 is 3.58. The van der Waals surface area contributed by atoms with Crippen LogP contribution < -0.4 is 14.8 Å². The van der Waals surface area contributed by atoms with Crippen molar-refractivity contribution in [2.45, 2.75) is 46.8 Å². The maximum Gasteiger partial charge on any atom is 0.338 e. The van der Waals surface area contributed by atoms with Crippen LogP contribution in [0.5, 0.6) is 11.5 Å². The average Bonchev–Trinajstić information content (AvgIpc) is 3.10. The summed E-state index contributed by atoms with van der Waals surface area (Å²) in [5.74, 6) is 1.36. The van der Waals surface area contributed by atoms with E-state index in [9.17, 15) is 4.79 Å². The molecule has 0 spiro atoms. The van der Waals surface area contributed by atoms with Gasteiger partial charge in [-0.15, -0.1) is 0 Å². The van der Waals surface area contributed by atoms with Gasteiger partial charge in [-0.25, -0.2) is 9.48 Å². The predicted octanol–water partition coefficient (Wildman–Crippen LogP) is 4.08. The minimum absolute atomic E-state index is 0.244. The molecule has 2 heterocycles. The molecule has 0 fully saturated rings. The Morgan fingerprint density at radius 2 is 2.00 bits per heavy atom. The van der Waals surface area contributed by atoms with E-state index in [0.29, 0.717) is 41.9 Å². The molecule has 1 atom stereocenters. The van der Waals surface area contributed by atoms with E-state index < -0.39 is 12.0 Å². The van der Waals surface area contributed by atoms with Crippen molar-refractivity contribution in [3.8, 4) is 11.5 Å². The van der Waals surface area contributed by atoms with Crippen LogP contribution in [0.25, 0.3) is 0 Å². The lowest BCUT2D eigenvalue weighted by Crippen LogP contribution is -2.30. The fourth-order valence-corrected chi connectivity index (χ4v) is 3.81. The van der Waals surface area contributed by atoms with E-state index in [1.165, 1.54) is 6.33 Å². The molecular formula is C20H25BrN4O4. The van der Waals surface area contributed by atoms with Crippen molar-refractivity contribution in [1.29, 1.82) is 0 Å². The number of allylic oxidation sites excluding steroid dienone is 1. The number of nitrogens with zero attached hydrogens (tertiary/aromatic N) is 3. The Bertz CT molecular complexity index is 939.